The van der Waals surface area contributed by atoms with E-state index in [0.29, 0.717) is 10.3 Å². The van der Waals surface area contributed by atoms with Crippen molar-refractivity contribution in [1.29, 1.82) is 0 Å². The molecule has 1 aliphatic heterocycles. The van der Waals surface area contributed by atoms with Crippen molar-refractivity contribution in [2.24, 2.45) is 11.7 Å². The van der Waals surface area contributed by atoms with Crippen LogP contribution in [0.4, 0.5) is 14.5 Å². The molecule has 2 heterocycles. The number of carbonyl (C=O) groups is 2. The summed E-state index contributed by atoms with van der Waals surface area (Å²) in [5.74, 6) is -4.87. The summed E-state index contributed by atoms with van der Waals surface area (Å²) in [5, 5.41) is 12.3. The summed E-state index contributed by atoms with van der Waals surface area (Å²) in [6.45, 7) is 5.44. The SMILES string of the molecule is COc1c([C@@H]2[C@@H](C)C(C)(C)O[C@H]2C(=O)Nc2cc[n+](O)c(C(N)=O)c2)ccc(F)c1F. The Labute approximate surface area is 177 Å². The van der Waals surface area contributed by atoms with Crippen molar-refractivity contribution < 1.29 is 37.8 Å². The molecule has 0 spiro atoms. The number of nitrogens with two attached hydrogens (primary N) is 1. The van der Waals surface area contributed by atoms with E-state index in [1.165, 1.54) is 25.3 Å². The van der Waals surface area contributed by atoms with Crippen molar-refractivity contribution in [2.45, 2.75) is 38.4 Å². The van der Waals surface area contributed by atoms with Gasteiger partial charge in [-0.25, -0.2) is 4.39 Å². The Morgan fingerprint density at radius 1 is 1.29 bits per heavy atom. The maximum atomic E-state index is 14.4. The summed E-state index contributed by atoms with van der Waals surface area (Å²) in [7, 11) is 1.22. The minimum absolute atomic E-state index is 0.195. The topological polar surface area (TPSA) is 115 Å². The Morgan fingerprint density at radius 3 is 2.58 bits per heavy atom. The zero-order valence-electron chi connectivity index (χ0n) is 17.5. The minimum atomic E-state index is -1.14. The van der Waals surface area contributed by atoms with Crippen molar-refractivity contribution in [3.8, 4) is 5.75 Å². The highest BCUT2D eigenvalue weighted by Crippen LogP contribution is 2.49. The van der Waals surface area contributed by atoms with E-state index in [1.54, 1.807) is 13.8 Å². The smallest absolute Gasteiger partial charge is 0.323 e. The Bertz CT molecular complexity index is 1040. The zero-order valence-corrected chi connectivity index (χ0v) is 17.5. The van der Waals surface area contributed by atoms with E-state index in [-0.39, 0.29) is 23.0 Å². The molecule has 3 rings (SSSR count). The highest BCUT2D eigenvalue weighted by Gasteiger charge is 2.51. The highest BCUT2D eigenvalue weighted by atomic mass is 19.2. The van der Waals surface area contributed by atoms with Crippen molar-refractivity contribution >= 4 is 17.5 Å². The molecule has 1 aromatic heterocycles. The first kappa shape index (κ1) is 22.4. The van der Waals surface area contributed by atoms with Gasteiger partial charge in [-0.05, 0) is 25.8 Å². The third kappa shape index (κ3) is 4.02. The summed E-state index contributed by atoms with van der Waals surface area (Å²) < 4.78 is 39.7. The monoisotopic (exact) mass is 436 g/mol. The van der Waals surface area contributed by atoms with Crippen LogP contribution in [0.15, 0.2) is 30.5 Å². The maximum Gasteiger partial charge on any atom is 0.323 e. The highest BCUT2D eigenvalue weighted by molar-refractivity contribution is 5.97. The van der Waals surface area contributed by atoms with E-state index in [2.05, 4.69) is 5.32 Å². The molecular formula is C21H24F2N3O5+. The van der Waals surface area contributed by atoms with Crippen molar-refractivity contribution in [3.05, 3.63) is 53.4 Å². The minimum Gasteiger partial charge on any atom is -0.493 e. The number of nitrogens with one attached hydrogen (secondary N) is 1. The summed E-state index contributed by atoms with van der Waals surface area (Å²) in [5.41, 5.74) is 4.71. The first-order valence-corrected chi connectivity index (χ1v) is 9.53. The number of hydrogen-bond acceptors (Lipinski definition) is 5. The number of benzene rings is 1. The van der Waals surface area contributed by atoms with Gasteiger partial charge >= 0.3 is 11.6 Å². The molecule has 2 amide bonds. The van der Waals surface area contributed by atoms with Crippen LogP contribution in [0.2, 0.25) is 0 Å². The average molecular weight is 436 g/mol. The average Bonchev–Trinajstić information content (AvgIpc) is 2.94. The lowest BCUT2D eigenvalue weighted by Gasteiger charge is -2.25. The largest absolute Gasteiger partial charge is 0.493 e. The number of anilines is 1. The van der Waals surface area contributed by atoms with E-state index in [4.69, 9.17) is 15.2 Å². The molecule has 0 aliphatic carbocycles. The first-order chi connectivity index (χ1) is 14.5. The molecule has 1 aromatic carbocycles. The lowest BCUT2D eigenvalue weighted by Crippen LogP contribution is -2.40. The number of amides is 2. The molecule has 1 aliphatic rings. The number of carbonyl (C=O) groups excluding carboxylic acids is 2. The van der Waals surface area contributed by atoms with Gasteiger partial charge < -0.3 is 20.5 Å². The van der Waals surface area contributed by atoms with Gasteiger partial charge in [0.1, 0.15) is 6.10 Å². The summed E-state index contributed by atoms with van der Waals surface area (Å²) >= 11 is 0. The van der Waals surface area contributed by atoms with E-state index in [9.17, 15) is 23.6 Å². The second kappa shape index (κ2) is 8.10. The van der Waals surface area contributed by atoms with Gasteiger partial charge in [-0.1, -0.05) is 13.0 Å². The van der Waals surface area contributed by atoms with E-state index in [0.717, 1.165) is 12.3 Å². The fourth-order valence-electron chi connectivity index (χ4n) is 3.84. The Hall–Kier alpha value is -3.27. The maximum absolute atomic E-state index is 14.4. The molecule has 1 saturated heterocycles. The van der Waals surface area contributed by atoms with Crippen LogP contribution in [0.1, 0.15) is 42.7 Å². The van der Waals surface area contributed by atoms with Crippen LogP contribution in [0.25, 0.3) is 0 Å². The standard InChI is InChI=1S/C21H23F2N3O5/c1-10-15(12-5-6-13(22)16(23)17(12)30-4)18(31-21(10,2)3)20(28)25-11-7-8-26(29)14(9-11)19(24)27/h5-10,15,18,29H,1-4H3,(H2,24,27)/p+1/t10-,15+,18-/m1/s1. The molecule has 0 saturated carbocycles. The molecule has 10 heteroatoms. The first-order valence-electron chi connectivity index (χ1n) is 9.53. The van der Waals surface area contributed by atoms with Crippen LogP contribution >= 0.6 is 0 Å². The lowest BCUT2D eigenvalue weighted by atomic mass is 9.78. The number of hydrogen-bond donors (Lipinski definition) is 3. The van der Waals surface area contributed by atoms with Crippen LogP contribution in [0.5, 0.6) is 5.75 Å². The van der Waals surface area contributed by atoms with Crippen LogP contribution < -0.4 is 20.5 Å². The third-order valence-electron chi connectivity index (χ3n) is 5.75. The van der Waals surface area contributed by atoms with Gasteiger partial charge in [-0.15, -0.1) is 0 Å². The third-order valence-corrected chi connectivity index (χ3v) is 5.75. The predicted octanol–water partition coefficient (Wildman–Crippen LogP) is 2.13. The molecule has 2 aromatic rings. The van der Waals surface area contributed by atoms with Crippen molar-refractivity contribution in [1.82, 2.24) is 0 Å². The summed E-state index contributed by atoms with van der Waals surface area (Å²) in [6.07, 6.45) is 0.0791. The number of ether oxygens (including phenoxy) is 2. The van der Waals surface area contributed by atoms with Crippen LogP contribution in [-0.4, -0.2) is 35.8 Å². The molecule has 1 fully saturated rings. The van der Waals surface area contributed by atoms with Gasteiger partial charge in [-0.3, -0.25) is 14.8 Å². The van der Waals surface area contributed by atoms with Gasteiger partial charge in [0.25, 0.3) is 5.91 Å². The quantitative estimate of drug-likeness (QED) is 0.491. The van der Waals surface area contributed by atoms with Gasteiger partial charge in [0.05, 0.1) is 18.4 Å². The van der Waals surface area contributed by atoms with Crippen molar-refractivity contribution in [2.75, 3.05) is 12.4 Å². The molecule has 166 valence electrons. The van der Waals surface area contributed by atoms with Crippen LogP contribution in [-0.2, 0) is 9.53 Å². The summed E-state index contributed by atoms with van der Waals surface area (Å²) in [4.78, 5) is 24.6. The predicted molar refractivity (Wildman–Crippen MR) is 105 cm³/mol. The second-order valence-corrected chi connectivity index (χ2v) is 7.94. The Balaban J connectivity index is 1.99. The number of primary amides is 1. The molecule has 0 radical (unpaired) electrons. The molecule has 0 bridgehead atoms. The molecule has 4 N–H and O–H groups in total. The van der Waals surface area contributed by atoms with Crippen LogP contribution in [0.3, 0.4) is 0 Å². The van der Waals surface area contributed by atoms with Crippen LogP contribution in [0, 0.1) is 17.6 Å². The van der Waals surface area contributed by atoms with Gasteiger partial charge in [0.2, 0.25) is 12.0 Å². The fraction of sp³-hybridized carbons (Fsp3) is 0.381. The Kier molecular flexibility index (Phi) is 5.86. The normalized spacial score (nSPS) is 22.2. The van der Waals surface area contributed by atoms with Gasteiger partial charge in [0, 0.05) is 28.3 Å². The molecule has 3 atom stereocenters. The second-order valence-electron chi connectivity index (χ2n) is 7.94. The number of nitrogens with zero attached hydrogens (tertiary/aromatic N) is 1. The van der Waals surface area contributed by atoms with E-state index < -0.39 is 41.1 Å². The number of rotatable bonds is 5. The Morgan fingerprint density at radius 2 is 1.97 bits per heavy atom. The van der Waals surface area contributed by atoms with Gasteiger partial charge in [-0.2, -0.15) is 4.39 Å². The number of methoxy groups -OCH3 is 1. The molecule has 8 nitrogen and oxygen atoms in total. The number of halogens is 2. The van der Waals surface area contributed by atoms with E-state index >= 15 is 0 Å². The zero-order chi connectivity index (χ0) is 23.1. The molecule has 0 unspecified atom stereocenters. The molecular weight excluding hydrogens is 412 g/mol. The number of pyridine rings is 1. The fourth-order valence-corrected chi connectivity index (χ4v) is 3.84. The summed E-state index contributed by atoms with van der Waals surface area (Å²) in [6, 6.07) is 4.93. The molecule has 31 heavy (non-hydrogen) atoms. The van der Waals surface area contributed by atoms with E-state index in [1.807, 2.05) is 6.92 Å². The van der Waals surface area contributed by atoms with Crippen molar-refractivity contribution in [3.63, 3.8) is 0 Å². The van der Waals surface area contributed by atoms with Gasteiger partial charge in [0.15, 0.2) is 11.6 Å². The number of aromatic nitrogens is 1. The lowest BCUT2D eigenvalue weighted by molar-refractivity contribution is -0.905.